The third-order valence-electron chi connectivity index (χ3n) is 3.66. The number of carbonyl (C=O) groups excluding carboxylic acids is 1. The molecule has 0 saturated carbocycles. The summed E-state index contributed by atoms with van der Waals surface area (Å²) in [5.41, 5.74) is 3.05. The zero-order valence-corrected chi connectivity index (χ0v) is 15.1. The summed E-state index contributed by atoms with van der Waals surface area (Å²) >= 11 is 1.26. The Bertz CT molecular complexity index is 638. The maximum Gasteiger partial charge on any atom is 0.219 e. The van der Waals surface area contributed by atoms with Crippen molar-refractivity contribution in [3.63, 3.8) is 0 Å². The van der Waals surface area contributed by atoms with Gasteiger partial charge in [0.2, 0.25) is 5.12 Å². The summed E-state index contributed by atoms with van der Waals surface area (Å²) in [6, 6.07) is 15.8. The second-order valence-corrected chi connectivity index (χ2v) is 6.16. The zero-order valence-electron chi connectivity index (χ0n) is 14.3. The van der Waals surface area contributed by atoms with Crippen molar-refractivity contribution >= 4 is 16.9 Å². The highest BCUT2D eigenvalue weighted by molar-refractivity contribution is 8.13. The lowest BCUT2D eigenvalue weighted by molar-refractivity contribution is 0.108. The van der Waals surface area contributed by atoms with Crippen LogP contribution in [0.25, 0.3) is 0 Å². The van der Waals surface area contributed by atoms with Crippen molar-refractivity contribution in [1.29, 1.82) is 0 Å². The average molecular weight is 344 g/mol. The van der Waals surface area contributed by atoms with Crippen molar-refractivity contribution in [2.24, 2.45) is 0 Å². The van der Waals surface area contributed by atoms with Crippen molar-refractivity contribution in [3.8, 4) is 5.75 Å². The van der Waals surface area contributed by atoms with Crippen LogP contribution in [0.15, 0.2) is 48.5 Å². The van der Waals surface area contributed by atoms with Gasteiger partial charge in [0.25, 0.3) is 0 Å². The molecule has 2 aromatic carbocycles. The first-order valence-corrected chi connectivity index (χ1v) is 9.42. The maximum atomic E-state index is 11.9. The SMILES string of the molecule is CCOc1ccc(COCCCc2ccccc2C(=O)SC)cc1. The zero-order chi connectivity index (χ0) is 17.2. The van der Waals surface area contributed by atoms with Crippen molar-refractivity contribution in [2.45, 2.75) is 26.4 Å². The highest BCUT2D eigenvalue weighted by atomic mass is 32.2. The van der Waals surface area contributed by atoms with Gasteiger partial charge >= 0.3 is 0 Å². The van der Waals surface area contributed by atoms with Gasteiger partial charge in [0.1, 0.15) is 5.75 Å². The number of benzene rings is 2. The summed E-state index contributed by atoms with van der Waals surface area (Å²) in [5.74, 6) is 0.885. The van der Waals surface area contributed by atoms with Crippen LogP contribution in [0.4, 0.5) is 0 Å². The van der Waals surface area contributed by atoms with Crippen molar-refractivity contribution in [1.82, 2.24) is 0 Å². The standard InChI is InChI=1S/C20H24O3S/c1-3-23-18-12-10-16(11-13-18)15-22-14-6-8-17-7-4-5-9-19(17)20(21)24-2/h4-5,7,9-13H,3,6,8,14-15H2,1-2H3. The number of carbonyl (C=O) groups is 1. The Kier molecular flexibility index (Phi) is 7.86. The number of hydrogen-bond acceptors (Lipinski definition) is 4. The van der Waals surface area contributed by atoms with Gasteiger partial charge in [-0.15, -0.1) is 0 Å². The van der Waals surface area contributed by atoms with Gasteiger partial charge in [-0.2, -0.15) is 0 Å². The second kappa shape index (κ2) is 10.2. The van der Waals surface area contributed by atoms with E-state index in [9.17, 15) is 4.79 Å². The molecular weight excluding hydrogens is 320 g/mol. The van der Waals surface area contributed by atoms with Crippen LogP contribution in [0.5, 0.6) is 5.75 Å². The molecule has 24 heavy (non-hydrogen) atoms. The molecule has 0 saturated heterocycles. The van der Waals surface area contributed by atoms with E-state index in [-0.39, 0.29) is 5.12 Å². The lowest BCUT2D eigenvalue weighted by atomic mass is 10.0. The average Bonchev–Trinajstić information content (AvgIpc) is 2.63. The smallest absolute Gasteiger partial charge is 0.219 e. The van der Waals surface area contributed by atoms with E-state index in [1.54, 1.807) is 0 Å². The Morgan fingerprint density at radius 1 is 1.08 bits per heavy atom. The minimum absolute atomic E-state index is 0.126. The van der Waals surface area contributed by atoms with E-state index in [0.29, 0.717) is 19.8 Å². The van der Waals surface area contributed by atoms with E-state index >= 15 is 0 Å². The molecule has 0 aliphatic heterocycles. The van der Waals surface area contributed by atoms with Crippen LogP contribution in [0.1, 0.15) is 34.8 Å². The summed E-state index contributed by atoms with van der Waals surface area (Å²) in [5, 5.41) is 0.126. The first-order valence-electron chi connectivity index (χ1n) is 8.20. The number of aryl methyl sites for hydroxylation is 1. The Morgan fingerprint density at radius 3 is 2.54 bits per heavy atom. The van der Waals surface area contributed by atoms with Crippen molar-refractivity contribution in [2.75, 3.05) is 19.5 Å². The summed E-state index contributed by atoms with van der Waals surface area (Å²) < 4.78 is 11.2. The van der Waals surface area contributed by atoms with Crippen LogP contribution in [0.3, 0.4) is 0 Å². The first kappa shape index (κ1) is 18.6. The molecule has 0 aromatic heterocycles. The van der Waals surface area contributed by atoms with Gasteiger partial charge in [0.15, 0.2) is 0 Å². The molecule has 4 heteroatoms. The van der Waals surface area contributed by atoms with E-state index in [0.717, 1.165) is 35.3 Å². The molecule has 0 amide bonds. The number of thioether (sulfide) groups is 1. The van der Waals surface area contributed by atoms with Crippen LogP contribution in [-0.2, 0) is 17.8 Å². The highest BCUT2D eigenvalue weighted by Gasteiger charge is 2.09. The van der Waals surface area contributed by atoms with Gasteiger partial charge in [0.05, 0.1) is 13.2 Å². The van der Waals surface area contributed by atoms with E-state index in [1.165, 1.54) is 11.8 Å². The topological polar surface area (TPSA) is 35.5 Å². The van der Waals surface area contributed by atoms with Gasteiger partial charge in [0, 0.05) is 12.2 Å². The minimum atomic E-state index is 0.126. The molecule has 2 aromatic rings. The minimum Gasteiger partial charge on any atom is -0.494 e. The Morgan fingerprint density at radius 2 is 1.83 bits per heavy atom. The van der Waals surface area contributed by atoms with E-state index in [4.69, 9.17) is 9.47 Å². The fourth-order valence-corrected chi connectivity index (χ4v) is 2.87. The normalized spacial score (nSPS) is 10.6. The van der Waals surface area contributed by atoms with Crippen molar-refractivity contribution in [3.05, 3.63) is 65.2 Å². The molecule has 128 valence electrons. The summed E-state index contributed by atoms with van der Waals surface area (Å²) in [4.78, 5) is 11.9. The maximum absolute atomic E-state index is 11.9. The molecule has 3 nitrogen and oxygen atoms in total. The third-order valence-corrected chi connectivity index (χ3v) is 4.25. The number of rotatable bonds is 9. The van der Waals surface area contributed by atoms with E-state index in [2.05, 4.69) is 0 Å². The van der Waals surface area contributed by atoms with Gasteiger partial charge in [-0.1, -0.05) is 48.2 Å². The summed E-state index contributed by atoms with van der Waals surface area (Å²) in [6.45, 7) is 3.92. The molecule has 0 N–H and O–H groups in total. The van der Waals surface area contributed by atoms with Crippen LogP contribution in [0, 0.1) is 0 Å². The van der Waals surface area contributed by atoms with Gasteiger partial charge < -0.3 is 9.47 Å². The molecule has 0 aliphatic rings. The lowest BCUT2D eigenvalue weighted by Crippen LogP contribution is -2.02. The molecule has 0 atom stereocenters. The van der Waals surface area contributed by atoms with Crippen molar-refractivity contribution < 1.29 is 14.3 Å². The number of hydrogen-bond donors (Lipinski definition) is 0. The molecule has 0 fully saturated rings. The van der Waals surface area contributed by atoms with E-state index < -0.39 is 0 Å². The predicted molar refractivity (Wildman–Crippen MR) is 99.9 cm³/mol. The fourth-order valence-electron chi connectivity index (χ4n) is 2.45. The monoisotopic (exact) mass is 344 g/mol. The van der Waals surface area contributed by atoms with Crippen LogP contribution in [0.2, 0.25) is 0 Å². The van der Waals surface area contributed by atoms with Crippen LogP contribution >= 0.6 is 11.8 Å². The molecule has 0 bridgehead atoms. The molecule has 0 unspecified atom stereocenters. The molecule has 0 heterocycles. The predicted octanol–water partition coefficient (Wildman–Crippen LogP) is 4.74. The third kappa shape index (κ3) is 5.69. The fraction of sp³-hybridized carbons (Fsp3) is 0.350. The Balaban J connectivity index is 1.74. The molecule has 0 aliphatic carbocycles. The molecular formula is C20H24O3S. The molecule has 0 radical (unpaired) electrons. The lowest BCUT2D eigenvalue weighted by Gasteiger charge is -2.08. The summed E-state index contributed by atoms with van der Waals surface area (Å²) in [6.07, 6.45) is 3.57. The van der Waals surface area contributed by atoms with Gasteiger partial charge in [-0.3, -0.25) is 4.79 Å². The largest absolute Gasteiger partial charge is 0.494 e. The Labute approximate surface area is 148 Å². The van der Waals surface area contributed by atoms with Crippen LogP contribution in [-0.4, -0.2) is 24.6 Å². The summed E-state index contributed by atoms with van der Waals surface area (Å²) in [7, 11) is 0. The van der Waals surface area contributed by atoms with Gasteiger partial charge in [-0.05, 0) is 49.3 Å². The van der Waals surface area contributed by atoms with E-state index in [1.807, 2.05) is 61.7 Å². The van der Waals surface area contributed by atoms with Gasteiger partial charge in [-0.25, -0.2) is 0 Å². The Hall–Kier alpha value is -1.78. The number of ether oxygens (including phenoxy) is 2. The highest BCUT2D eigenvalue weighted by Crippen LogP contribution is 2.17. The quantitative estimate of drug-likeness (QED) is 0.616. The molecule has 2 rings (SSSR count). The van der Waals surface area contributed by atoms with Crippen LogP contribution < -0.4 is 4.74 Å². The second-order valence-electron chi connectivity index (χ2n) is 5.38. The first-order chi connectivity index (χ1) is 11.7. The molecule has 0 spiro atoms.